The number of benzene rings is 1. The van der Waals surface area contributed by atoms with E-state index in [0.717, 1.165) is 19.3 Å². The lowest BCUT2D eigenvalue weighted by Crippen LogP contribution is -2.48. The number of hydrogen-bond donors (Lipinski definition) is 2. The Bertz CT molecular complexity index is 636. The van der Waals surface area contributed by atoms with Crippen molar-refractivity contribution in [2.45, 2.75) is 74.9 Å². The molecule has 2 aliphatic heterocycles. The summed E-state index contributed by atoms with van der Waals surface area (Å²) in [7, 11) is 0. The Hall–Kier alpha value is -1.06. The molecule has 0 aromatic heterocycles. The molecule has 4 unspecified atom stereocenters. The molecule has 2 saturated heterocycles. The van der Waals surface area contributed by atoms with E-state index in [1.54, 1.807) is 0 Å². The summed E-state index contributed by atoms with van der Waals surface area (Å²) in [4.78, 5) is 12.9. The molecule has 2 heterocycles. The van der Waals surface area contributed by atoms with E-state index in [9.17, 15) is 4.79 Å². The van der Waals surface area contributed by atoms with Gasteiger partial charge in [-0.1, -0.05) is 24.3 Å². The molecular formula is C20H27ClN2O. The molecule has 5 rings (SSSR count). The highest BCUT2D eigenvalue weighted by Gasteiger charge is 2.60. The number of amides is 1. The largest absolute Gasteiger partial charge is 0.353 e. The lowest BCUT2D eigenvalue weighted by molar-refractivity contribution is -0.123. The highest BCUT2D eigenvalue weighted by Crippen LogP contribution is 2.60. The van der Waals surface area contributed by atoms with Crippen molar-refractivity contribution in [3.05, 3.63) is 35.4 Å². The fraction of sp³-hybridized carbons (Fsp3) is 0.650. The van der Waals surface area contributed by atoms with Crippen LogP contribution in [0, 0.1) is 5.92 Å². The molecule has 1 amide bonds. The van der Waals surface area contributed by atoms with Gasteiger partial charge in [0.05, 0.1) is 0 Å². The van der Waals surface area contributed by atoms with Crippen LogP contribution in [-0.2, 0) is 16.6 Å². The molecule has 130 valence electrons. The second kappa shape index (κ2) is 6.03. The summed E-state index contributed by atoms with van der Waals surface area (Å²) in [6.45, 7) is 0. The molecule has 3 fully saturated rings. The van der Waals surface area contributed by atoms with Crippen molar-refractivity contribution in [3.63, 3.8) is 0 Å². The normalized spacial score (nSPS) is 39.0. The summed E-state index contributed by atoms with van der Waals surface area (Å²) in [5, 5.41) is 7.06. The maximum Gasteiger partial charge on any atom is 0.224 e. The fourth-order valence-electron chi connectivity index (χ4n) is 5.65. The number of carbonyl (C=O) groups is 1. The van der Waals surface area contributed by atoms with Gasteiger partial charge in [-0.15, -0.1) is 12.4 Å². The monoisotopic (exact) mass is 346 g/mol. The van der Waals surface area contributed by atoms with Gasteiger partial charge in [-0.3, -0.25) is 4.79 Å². The minimum absolute atomic E-state index is 0. The highest BCUT2D eigenvalue weighted by atomic mass is 35.5. The Morgan fingerprint density at radius 3 is 2.71 bits per heavy atom. The molecule has 1 aromatic carbocycles. The second-order valence-electron chi connectivity index (χ2n) is 8.24. The van der Waals surface area contributed by atoms with Crippen molar-refractivity contribution >= 4 is 18.3 Å². The molecule has 1 aromatic rings. The summed E-state index contributed by atoms with van der Waals surface area (Å²) in [6.07, 6.45) is 9.50. The highest BCUT2D eigenvalue weighted by molar-refractivity contribution is 5.85. The molecule has 3 nitrogen and oxygen atoms in total. The van der Waals surface area contributed by atoms with E-state index in [1.165, 1.54) is 43.2 Å². The predicted octanol–water partition coefficient (Wildman–Crippen LogP) is 3.10. The van der Waals surface area contributed by atoms with Gasteiger partial charge in [-0.2, -0.15) is 0 Å². The molecule has 2 bridgehead atoms. The number of hydrogen-bond acceptors (Lipinski definition) is 2. The van der Waals surface area contributed by atoms with E-state index in [1.807, 2.05) is 0 Å². The zero-order valence-corrected chi connectivity index (χ0v) is 14.9. The van der Waals surface area contributed by atoms with Gasteiger partial charge in [0.25, 0.3) is 0 Å². The quantitative estimate of drug-likeness (QED) is 0.864. The number of halogens is 1. The smallest absolute Gasteiger partial charge is 0.224 e. The van der Waals surface area contributed by atoms with E-state index in [-0.39, 0.29) is 23.7 Å². The first-order chi connectivity index (χ1) is 11.2. The maximum atomic E-state index is 12.9. The maximum absolute atomic E-state index is 12.9. The summed E-state index contributed by atoms with van der Waals surface area (Å²) < 4.78 is 0. The zero-order chi connectivity index (χ0) is 15.4. The van der Waals surface area contributed by atoms with Gasteiger partial charge in [0.2, 0.25) is 5.91 Å². The van der Waals surface area contributed by atoms with E-state index < -0.39 is 0 Å². The van der Waals surface area contributed by atoms with Crippen LogP contribution in [0.25, 0.3) is 0 Å². The Morgan fingerprint density at radius 2 is 1.92 bits per heavy atom. The summed E-state index contributed by atoms with van der Waals surface area (Å²) >= 11 is 0. The third kappa shape index (κ3) is 2.57. The van der Waals surface area contributed by atoms with Crippen molar-refractivity contribution in [3.8, 4) is 0 Å². The van der Waals surface area contributed by atoms with Crippen molar-refractivity contribution in [2.75, 3.05) is 0 Å². The van der Waals surface area contributed by atoms with Crippen molar-refractivity contribution < 1.29 is 4.79 Å². The van der Waals surface area contributed by atoms with E-state index in [2.05, 4.69) is 34.9 Å². The van der Waals surface area contributed by atoms with E-state index in [0.29, 0.717) is 24.0 Å². The Morgan fingerprint density at radius 1 is 1.17 bits per heavy atom. The van der Waals surface area contributed by atoms with Crippen molar-refractivity contribution in [1.82, 2.24) is 10.6 Å². The molecule has 2 N–H and O–H groups in total. The van der Waals surface area contributed by atoms with Crippen LogP contribution < -0.4 is 10.6 Å². The second-order valence-corrected chi connectivity index (χ2v) is 8.24. The predicted molar refractivity (Wildman–Crippen MR) is 97.5 cm³/mol. The number of nitrogens with one attached hydrogen (secondary N) is 2. The number of carbonyl (C=O) groups excluding carboxylic acids is 1. The van der Waals surface area contributed by atoms with Crippen LogP contribution in [0.3, 0.4) is 0 Å². The molecule has 2 aliphatic carbocycles. The van der Waals surface area contributed by atoms with Crippen LogP contribution in [0.15, 0.2) is 24.3 Å². The molecule has 0 radical (unpaired) electrons. The van der Waals surface area contributed by atoms with Crippen LogP contribution >= 0.6 is 12.4 Å². The standard InChI is InChI=1S/C20H26N2O.ClH/c23-19(22-16-10-14-7-8-15(11-16)21-14)18-12-20(18)9-3-5-13-4-1-2-6-17(13)20;/h1-2,4,6,14-16,18,21H,3,5,7-12H2,(H,22,23);1H. The molecule has 4 atom stereocenters. The molecule has 4 aliphatic rings. The SMILES string of the molecule is Cl.O=C(NC1CC2CCC(C1)N2)C1CC12CCCc1ccccc12. The van der Waals surface area contributed by atoms with Crippen LogP contribution in [0.4, 0.5) is 0 Å². The fourth-order valence-corrected chi connectivity index (χ4v) is 5.65. The first-order valence-electron chi connectivity index (χ1n) is 9.39. The van der Waals surface area contributed by atoms with Gasteiger partial charge in [0, 0.05) is 29.5 Å². The van der Waals surface area contributed by atoms with Crippen LogP contribution in [-0.4, -0.2) is 24.0 Å². The van der Waals surface area contributed by atoms with Crippen LogP contribution in [0.2, 0.25) is 0 Å². The first kappa shape index (κ1) is 16.4. The third-order valence-corrected chi connectivity index (χ3v) is 6.83. The minimum Gasteiger partial charge on any atom is -0.353 e. The molecular weight excluding hydrogens is 320 g/mol. The summed E-state index contributed by atoms with van der Waals surface area (Å²) in [6, 6.07) is 10.5. The molecule has 4 heteroatoms. The van der Waals surface area contributed by atoms with Gasteiger partial charge in [-0.05, 0) is 62.5 Å². The topological polar surface area (TPSA) is 41.1 Å². The summed E-state index contributed by atoms with van der Waals surface area (Å²) in [5.41, 5.74) is 3.12. The third-order valence-electron chi connectivity index (χ3n) is 6.83. The van der Waals surface area contributed by atoms with E-state index in [4.69, 9.17) is 0 Å². The van der Waals surface area contributed by atoms with E-state index >= 15 is 0 Å². The van der Waals surface area contributed by atoms with Gasteiger partial charge < -0.3 is 10.6 Å². The van der Waals surface area contributed by atoms with Crippen LogP contribution in [0.5, 0.6) is 0 Å². The van der Waals surface area contributed by atoms with Gasteiger partial charge in [0.1, 0.15) is 0 Å². The number of piperidine rings is 1. The Kier molecular flexibility index (Phi) is 4.12. The lowest BCUT2D eigenvalue weighted by Gasteiger charge is -2.31. The molecule has 24 heavy (non-hydrogen) atoms. The number of aryl methyl sites for hydroxylation is 1. The average molecular weight is 347 g/mol. The Labute approximate surface area is 150 Å². The molecule has 1 saturated carbocycles. The van der Waals surface area contributed by atoms with Crippen LogP contribution in [0.1, 0.15) is 56.1 Å². The van der Waals surface area contributed by atoms with Gasteiger partial charge in [0.15, 0.2) is 0 Å². The van der Waals surface area contributed by atoms with Crippen molar-refractivity contribution in [2.24, 2.45) is 5.92 Å². The number of rotatable bonds is 2. The van der Waals surface area contributed by atoms with Gasteiger partial charge in [-0.25, -0.2) is 0 Å². The summed E-state index contributed by atoms with van der Waals surface area (Å²) in [5.74, 6) is 0.546. The Balaban J connectivity index is 0.00000146. The molecule has 1 spiro atoms. The zero-order valence-electron chi connectivity index (χ0n) is 14.1. The first-order valence-corrected chi connectivity index (χ1v) is 9.39. The minimum atomic E-state index is 0. The number of fused-ring (bicyclic) bond motifs is 4. The average Bonchev–Trinajstić information content (AvgIpc) is 3.18. The lowest BCUT2D eigenvalue weighted by atomic mass is 9.78. The van der Waals surface area contributed by atoms with Gasteiger partial charge >= 0.3 is 0 Å². The van der Waals surface area contributed by atoms with Crippen molar-refractivity contribution in [1.29, 1.82) is 0 Å².